The molecule has 4 fully saturated rings. The van der Waals surface area contributed by atoms with Crippen molar-refractivity contribution in [3.8, 4) is 12.3 Å². The number of H-pyrrole nitrogens is 1. The molecule has 0 aromatic carbocycles. The van der Waals surface area contributed by atoms with Gasteiger partial charge in [-0.15, -0.1) is 13.0 Å². The Morgan fingerprint density at radius 1 is 1.23 bits per heavy atom. The van der Waals surface area contributed by atoms with Gasteiger partial charge in [0.15, 0.2) is 5.65 Å². The largest absolute Gasteiger partial charge is 0.336 e. The van der Waals surface area contributed by atoms with Crippen molar-refractivity contribution in [1.29, 1.82) is 0 Å². The number of nitrogens with zero attached hydrogens (tertiary/aromatic N) is 3. The molecule has 2 aromatic rings. The highest BCUT2D eigenvalue weighted by Gasteiger charge is 2.55. The molecule has 0 saturated heterocycles. The van der Waals surface area contributed by atoms with Gasteiger partial charge < -0.3 is 4.98 Å². The Labute approximate surface area is 150 Å². The summed E-state index contributed by atoms with van der Waals surface area (Å²) in [7, 11) is 0. The van der Waals surface area contributed by atoms with Crippen LogP contribution in [-0.4, -0.2) is 19.1 Å². The third kappa shape index (κ3) is 1.97. The van der Waals surface area contributed by atoms with Gasteiger partial charge in [-0.3, -0.25) is 9.36 Å². The van der Waals surface area contributed by atoms with E-state index < -0.39 is 5.69 Å². The van der Waals surface area contributed by atoms with E-state index >= 15 is 0 Å². The first-order chi connectivity index (χ1) is 12.6. The van der Waals surface area contributed by atoms with Crippen LogP contribution in [0.3, 0.4) is 0 Å². The summed E-state index contributed by atoms with van der Waals surface area (Å²) in [6, 6.07) is 0. The molecule has 0 radical (unpaired) electrons. The lowest BCUT2D eigenvalue weighted by atomic mass is 9.75. The molecule has 6 nitrogen and oxygen atoms in total. The van der Waals surface area contributed by atoms with Crippen molar-refractivity contribution in [3.05, 3.63) is 39.3 Å². The maximum Gasteiger partial charge on any atom is 0.333 e. The van der Waals surface area contributed by atoms with E-state index in [0.717, 1.165) is 22.2 Å². The first kappa shape index (κ1) is 15.7. The summed E-state index contributed by atoms with van der Waals surface area (Å²) in [6.45, 7) is 3.98. The van der Waals surface area contributed by atoms with Crippen molar-refractivity contribution in [1.82, 2.24) is 19.1 Å². The normalized spacial score (nSPS) is 31.6. The fourth-order valence-corrected chi connectivity index (χ4v) is 6.03. The third-order valence-corrected chi connectivity index (χ3v) is 6.81. The average Bonchev–Trinajstić information content (AvgIpc) is 3.24. The number of allylic oxidation sites excluding steroid dienone is 1. The smallest absolute Gasteiger partial charge is 0.333 e. The zero-order valence-corrected chi connectivity index (χ0v) is 14.6. The Balaban J connectivity index is 1.70. The first-order valence-corrected chi connectivity index (χ1v) is 9.40. The molecule has 4 bridgehead atoms. The number of hydrogen-bond acceptors (Lipinski definition) is 3. The van der Waals surface area contributed by atoms with E-state index in [0.29, 0.717) is 35.5 Å². The molecule has 6 rings (SSSR count). The van der Waals surface area contributed by atoms with Gasteiger partial charge in [-0.2, -0.15) is 0 Å². The van der Waals surface area contributed by atoms with E-state index in [1.54, 1.807) is 6.08 Å². The molecule has 1 N–H and O–H groups in total. The molecular weight excluding hydrogens is 328 g/mol. The average molecular weight is 350 g/mol. The lowest BCUT2D eigenvalue weighted by molar-refractivity contribution is 0.244. The number of terminal acetylenes is 1. The molecule has 0 spiro atoms. The Morgan fingerprint density at radius 3 is 2.77 bits per heavy atom. The van der Waals surface area contributed by atoms with Crippen LogP contribution in [0.2, 0.25) is 0 Å². The fourth-order valence-electron chi connectivity index (χ4n) is 6.03. The molecule has 4 aliphatic carbocycles. The number of aromatic amines is 1. The van der Waals surface area contributed by atoms with Crippen LogP contribution in [-0.2, 0) is 13.1 Å². The van der Waals surface area contributed by atoms with Gasteiger partial charge in [0.2, 0.25) is 0 Å². The Kier molecular flexibility index (Phi) is 3.30. The summed E-state index contributed by atoms with van der Waals surface area (Å²) in [5, 5.41) is 0. The number of hydrogen-bond donors (Lipinski definition) is 1. The molecule has 0 aliphatic heterocycles. The molecule has 134 valence electrons. The summed E-state index contributed by atoms with van der Waals surface area (Å²) in [5.41, 5.74) is 0.0104. The molecular formula is C20H22N4O2. The van der Waals surface area contributed by atoms with Crippen LogP contribution in [0.4, 0.5) is 0 Å². The SMILES string of the molecule is C#CCn1c(=O)c2[nH]c(C3C4CC5CC(C4)C3C5)nc2n(CC=C)c1=O. The molecule has 5 unspecified atom stereocenters. The van der Waals surface area contributed by atoms with Gasteiger partial charge in [0.25, 0.3) is 5.56 Å². The number of fused-ring (bicyclic) bond motifs is 1. The maximum atomic E-state index is 12.8. The van der Waals surface area contributed by atoms with Crippen molar-refractivity contribution in [2.75, 3.05) is 0 Å². The molecule has 4 saturated carbocycles. The summed E-state index contributed by atoms with van der Waals surface area (Å²) < 4.78 is 2.59. The van der Waals surface area contributed by atoms with Gasteiger partial charge in [-0.05, 0) is 49.4 Å². The molecule has 2 aromatic heterocycles. The highest BCUT2D eigenvalue weighted by Crippen LogP contribution is 2.63. The molecule has 4 aliphatic rings. The number of rotatable bonds is 4. The monoisotopic (exact) mass is 350 g/mol. The van der Waals surface area contributed by atoms with Crippen LogP contribution < -0.4 is 11.2 Å². The summed E-state index contributed by atoms with van der Waals surface area (Å²) in [5.74, 6) is 6.69. The van der Waals surface area contributed by atoms with Crippen molar-refractivity contribution in [2.45, 2.75) is 44.7 Å². The van der Waals surface area contributed by atoms with Crippen molar-refractivity contribution in [3.63, 3.8) is 0 Å². The molecule has 2 heterocycles. The number of imidazole rings is 1. The summed E-state index contributed by atoms with van der Waals surface area (Å²) >= 11 is 0. The van der Waals surface area contributed by atoms with Gasteiger partial charge in [-0.1, -0.05) is 12.0 Å². The van der Waals surface area contributed by atoms with E-state index in [1.807, 2.05) is 0 Å². The Morgan fingerprint density at radius 2 is 2.04 bits per heavy atom. The first-order valence-electron chi connectivity index (χ1n) is 9.40. The number of nitrogens with one attached hydrogen (secondary N) is 1. The van der Waals surface area contributed by atoms with Crippen LogP contribution in [0.5, 0.6) is 0 Å². The van der Waals surface area contributed by atoms with Crippen LogP contribution >= 0.6 is 0 Å². The van der Waals surface area contributed by atoms with E-state index in [1.165, 1.54) is 30.3 Å². The predicted octanol–water partition coefficient (Wildman–Crippen LogP) is 1.86. The molecule has 6 heteroatoms. The standard InChI is InChI=1S/C20H22N4O2/c1-3-5-23-18-16(19(25)24(6-4-2)20(23)26)21-17(22-18)15-13-8-11-7-12(10-13)14(15)9-11/h2-3,11-15H,1,5-10H2,(H,21,22). The van der Waals surface area contributed by atoms with Crippen molar-refractivity contribution < 1.29 is 0 Å². The van der Waals surface area contributed by atoms with Gasteiger partial charge in [0.05, 0.1) is 6.54 Å². The third-order valence-electron chi connectivity index (χ3n) is 6.81. The zero-order chi connectivity index (χ0) is 18.0. The van der Waals surface area contributed by atoms with E-state index in [4.69, 9.17) is 11.4 Å². The highest BCUT2D eigenvalue weighted by atomic mass is 16.2. The lowest BCUT2D eigenvalue weighted by Crippen LogP contribution is -2.39. The minimum Gasteiger partial charge on any atom is -0.336 e. The minimum atomic E-state index is -0.424. The van der Waals surface area contributed by atoms with E-state index in [9.17, 15) is 9.59 Å². The second kappa shape index (κ2) is 5.47. The van der Waals surface area contributed by atoms with Gasteiger partial charge in [0, 0.05) is 12.5 Å². The van der Waals surface area contributed by atoms with Gasteiger partial charge in [-0.25, -0.2) is 14.3 Å². The van der Waals surface area contributed by atoms with Crippen LogP contribution in [0, 0.1) is 36.0 Å². The van der Waals surface area contributed by atoms with E-state index in [2.05, 4.69) is 17.5 Å². The van der Waals surface area contributed by atoms with Crippen LogP contribution in [0.25, 0.3) is 11.2 Å². The lowest BCUT2D eigenvalue weighted by Gasteiger charge is -2.30. The van der Waals surface area contributed by atoms with Crippen LogP contribution in [0.1, 0.15) is 37.4 Å². The van der Waals surface area contributed by atoms with E-state index in [-0.39, 0.29) is 12.1 Å². The molecule has 0 amide bonds. The second-order valence-corrected chi connectivity index (χ2v) is 8.12. The molecule has 5 atom stereocenters. The quantitative estimate of drug-likeness (QED) is 0.676. The maximum absolute atomic E-state index is 12.8. The fraction of sp³-hybridized carbons (Fsp3) is 0.550. The topological polar surface area (TPSA) is 72.7 Å². The predicted molar refractivity (Wildman–Crippen MR) is 98.8 cm³/mol. The number of aromatic nitrogens is 4. The van der Waals surface area contributed by atoms with Crippen molar-refractivity contribution in [2.24, 2.45) is 23.7 Å². The van der Waals surface area contributed by atoms with Gasteiger partial charge in [0.1, 0.15) is 11.3 Å². The minimum absolute atomic E-state index is 0.0441. The Hall–Kier alpha value is -2.55. The summed E-state index contributed by atoms with van der Waals surface area (Å²) in [6.07, 6.45) is 12.2. The highest BCUT2D eigenvalue weighted by molar-refractivity contribution is 5.70. The Bertz CT molecular complexity index is 1060. The zero-order valence-electron chi connectivity index (χ0n) is 14.6. The molecule has 26 heavy (non-hydrogen) atoms. The van der Waals surface area contributed by atoms with Crippen LogP contribution in [0.15, 0.2) is 22.2 Å². The van der Waals surface area contributed by atoms with Gasteiger partial charge >= 0.3 is 5.69 Å². The van der Waals surface area contributed by atoms with Crippen molar-refractivity contribution >= 4 is 11.2 Å². The summed E-state index contributed by atoms with van der Waals surface area (Å²) in [4.78, 5) is 33.6. The second-order valence-electron chi connectivity index (χ2n) is 8.12.